The van der Waals surface area contributed by atoms with E-state index in [1.165, 1.54) is 69.8 Å². The third-order valence-corrected chi connectivity index (χ3v) is 4.90. The van der Waals surface area contributed by atoms with Crippen molar-refractivity contribution in [3.63, 3.8) is 0 Å². The third-order valence-electron chi connectivity index (χ3n) is 4.90. The lowest BCUT2D eigenvalue weighted by Crippen LogP contribution is -2.13. The summed E-state index contributed by atoms with van der Waals surface area (Å²) in [7, 11) is 0. The first-order valence-corrected chi connectivity index (χ1v) is 8.55. The van der Waals surface area contributed by atoms with E-state index in [9.17, 15) is 4.39 Å². The minimum Gasteiger partial charge on any atom is -0.207 e. The zero-order chi connectivity index (χ0) is 14.2. The first-order chi connectivity index (χ1) is 9.79. The molecule has 0 unspecified atom stereocenters. The molecule has 0 atom stereocenters. The highest BCUT2D eigenvalue weighted by Gasteiger charge is 2.21. The molecule has 0 spiro atoms. The van der Waals surface area contributed by atoms with Crippen LogP contribution in [0, 0.1) is 11.7 Å². The lowest BCUT2D eigenvalue weighted by atomic mass is 9.77. The highest BCUT2D eigenvalue weighted by atomic mass is 19.1. The molecule has 1 aliphatic rings. The van der Waals surface area contributed by atoms with Gasteiger partial charge in [-0.25, -0.2) is 4.39 Å². The van der Waals surface area contributed by atoms with Gasteiger partial charge in [-0.15, -0.1) is 0 Å². The van der Waals surface area contributed by atoms with E-state index in [0.29, 0.717) is 5.92 Å². The maximum absolute atomic E-state index is 12.9. The molecule has 0 nitrogen and oxygen atoms in total. The molecule has 0 bridgehead atoms. The van der Waals surface area contributed by atoms with Crippen molar-refractivity contribution in [2.24, 2.45) is 5.92 Å². The van der Waals surface area contributed by atoms with Crippen LogP contribution in [0.5, 0.6) is 0 Å². The quantitative estimate of drug-likeness (QED) is 0.501. The van der Waals surface area contributed by atoms with E-state index in [4.69, 9.17) is 0 Å². The minimum absolute atomic E-state index is 0.116. The Morgan fingerprint density at radius 1 is 0.900 bits per heavy atom. The van der Waals surface area contributed by atoms with Crippen LogP contribution in [0.1, 0.15) is 82.6 Å². The Kier molecular flexibility index (Phi) is 6.56. The van der Waals surface area contributed by atoms with Gasteiger partial charge in [-0.1, -0.05) is 57.6 Å². The first-order valence-electron chi connectivity index (χ1n) is 8.55. The highest BCUT2D eigenvalue weighted by molar-refractivity contribution is 5.20. The molecule has 20 heavy (non-hydrogen) atoms. The van der Waals surface area contributed by atoms with E-state index >= 15 is 0 Å². The van der Waals surface area contributed by atoms with Crippen LogP contribution in [0.2, 0.25) is 0 Å². The van der Waals surface area contributed by atoms with Gasteiger partial charge >= 0.3 is 0 Å². The van der Waals surface area contributed by atoms with Crippen molar-refractivity contribution < 1.29 is 4.39 Å². The van der Waals surface area contributed by atoms with E-state index in [1.807, 2.05) is 12.1 Å². The molecule has 0 radical (unpaired) electrons. The fraction of sp³-hybridized carbons (Fsp3) is 0.684. The summed E-state index contributed by atoms with van der Waals surface area (Å²) in [6, 6.07) is 7.17. The summed E-state index contributed by atoms with van der Waals surface area (Å²) < 4.78 is 12.9. The first kappa shape index (κ1) is 15.5. The second-order valence-corrected chi connectivity index (χ2v) is 6.47. The molecular formula is C19H29F. The molecule has 0 amide bonds. The maximum atomic E-state index is 12.9. The maximum Gasteiger partial charge on any atom is 0.123 e. The van der Waals surface area contributed by atoms with E-state index in [2.05, 4.69) is 6.92 Å². The van der Waals surface area contributed by atoms with Gasteiger partial charge in [0.1, 0.15) is 5.82 Å². The fourth-order valence-corrected chi connectivity index (χ4v) is 3.56. The molecule has 1 aromatic rings. The van der Waals surface area contributed by atoms with E-state index in [1.54, 1.807) is 12.1 Å². The summed E-state index contributed by atoms with van der Waals surface area (Å²) in [5, 5.41) is 0. The average molecular weight is 276 g/mol. The Labute approximate surface area is 123 Å². The number of hydrogen-bond acceptors (Lipinski definition) is 0. The molecule has 0 aliphatic heterocycles. The van der Waals surface area contributed by atoms with Gasteiger partial charge in [0, 0.05) is 0 Å². The Morgan fingerprint density at radius 2 is 1.55 bits per heavy atom. The van der Waals surface area contributed by atoms with Crippen LogP contribution < -0.4 is 0 Å². The van der Waals surface area contributed by atoms with Gasteiger partial charge in [-0.3, -0.25) is 0 Å². The standard InChI is InChI=1S/C19H29F/c1-2-3-4-5-6-7-16-8-10-17(11-9-16)18-12-14-19(20)15-13-18/h12-17H,2-11H2,1H3/t16-,17-. The van der Waals surface area contributed by atoms with Gasteiger partial charge in [0.25, 0.3) is 0 Å². The zero-order valence-electron chi connectivity index (χ0n) is 12.9. The smallest absolute Gasteiger partial charge is 0.123 e. The normalized spacial score (nSPS) is 22.9. The largest absolute Gasteiger partial charge is 0.207 e. The van der Waals surface area contributed by atoms with Crippen molar-refractivity contribution in [3.8, 4) is 0 Å². The van der Waals surface area contributed by atoms with E-state index < -0.39 is 0 Å². The van der Waals surface area contributed by atoms with Gasteiger partial charge in [0.05, 0.1) is 0 Å². The zero-order valence-corrected chi connectivity index (χ0v) is 12.9. The molecular weight excluding hydrogens is 247 g/mol. The van der Waals surface area contributed by atoms with Crippen molar-refractivity contribution in [3.05, 3.63) is 35.6 Å². The number of hydrogen-bond donors (Lipinski definition) is 0. The van der Waals surface area contributed by atoms with Crippen molar-refractivity contribution in [2.45, 2.75) is 77.0 Å². The summed E-state index contributed by atoms with van der Waals surface area (Å²) in [6.07, 6.45) is 13.8. The van der Waals surface area contributed by atoms with E-state index in [-0.39, 0.29) is 5.82 Å². The Morgan fingerprint density at radius 3 is 2.20 bits per heavy atom. The monoisotopic (exact) mass is 276 g/mol. The van der Waals surface area contributed by atoms with Crippen molar-refractivity contribution in [1.82, 2.24) is 0 Å². The number of rotatable bonds is 7. The van der Waals surface area contributed by atoms with Gasteiger partial charge in [-0.2, -0.15) is 0 Å². The molecule has 0 heterocycles. The predicted octanol–water partition coefficient (Wildman–Crippen LogP) is 6.46. The van der Waals surface area contributed by atoms with Gasteiger partial charge in [0.2, 0.25) is 0 Å². The lowest BCUT2D eigenvalue weighted by Gasteiger charge is -2.28. The molecule has 0 N–H and O–H groups in total. The summed E-state index contributed by atoms with van der Waals surface area (Å²) in [6.45, 7) is 2.27. The van der Waals surface area contributed by atoms with Crippen LogP contribution in [0.4, 0.5) is 4.39 Å². The number of unbranched alkanes of at least 4 members (excludes halogenated alkanes) is 4. The topological polar surface area (TPSA) is 0 Å². The molecule has 0 saturated heterocycles. The van der Waals surface area contributed by atoms with Crippen molar-refractivity contribution in [2.75, 3.05) is 0 Å². The summed E-state index contributed by atoms with van der Waals surface area (Å²) in [4.78, 5) is 0. The molecule has 2 rings (SSSR count). The molecule has 1 aliphatic carbocycles. The van der Waals surface area contributed by atoms with E-state index in [0.717, 1.165) is 5.92 Å². The molecule has 0 aromatic heterocycles. The summed E-state index contributed by atoms with van der Waals surface area (Å²) >= 11 is 0. The fourth-order valence-electron chi connectivity index (χ4n) is 3.56. The summed E-state index contributed by atoms with van der Waals surface area (Å²) in [5.41, 5.74) is 1.34. The summed E-state index contributed by atoms with van der Waals surface area (Å²) in [5.74, 6) is 1.51. The number of benzene rings is 1. The van der Waals surface area contributed by atoms with Crippen LogP contribution in [-0.4, -0.2) is 0 Å². The second kappa shape index (κ2) is 8.44. The van der Waals surface area contributed by atoms with Crippen molar-refractivity contribution in [1.29, 1.82) is 0 Å². The van der Waals surface area contributed by atoms with Gasteiger partial charge < -0.3 is 0 Å². The molecule has 112 valence electrons. The Hall–Kier alpha value is -0.850. The minimum atomic E-state index is -0.116. The van der Waals surface area contributed by atoms with Crippen LogP contribution in [-0.2, 0) is 0 Å². The Balaban J connectivity index is 1.66. The van der Waals surface area contributed by atoms with Crippen LogP contribution in [0.3, 0.4) is 0 Å². The second-order valence-electron chi connectivity index (χ2n) is 6.47. The third kappa shape index (κ3) is 4.92. The highest BCUT2D eigenvalue weighted by Crippen LogP contribution is 2.37. The van der Waals surface area contributed by atoms with Gasteiger partial charge in [0.15, 0.2) is 0 Å². The lowest BCUT2D eigenvalue weighted by molar-refractivity contribution is 0.302. The molecule has 1 fully saturated rings. The van der Waals surface area contributed by atoms with Gasteiger partial charge in [-0.05, 0) is 55.2 Å². The molecule has 1 saturated carbocycles. The van der Waals surface area contributed by atoms with Crippen LogP contribution >= 0.6 is 0 Å². The Bertz CT molecular complexity index is 360. The van der Waals surface area contributed by atoms with Crippen LogP contribution in [0.25, 0.3) is 0 Å². The molecule has 1 heteroatoms. The average Bonchev–Trinajstić information content (AvgIpc) is 2.49. The van der Waals surface area contributed by atoms with Crippen molar-refractivity contribution >= 4 is 0 Å². The van der Waals surface area contributed by atoms with Crippen LogP contribution in [0.15, 0.2) is 24.3 Å². The number of halogens is 1. The molecule has 1 aromatic carbocycles. The SMILES string of the molecule is CCCCCCC[C@H]1CC[C@H](c2ccc(F)cc2)CC1. The predicted molar refractivity (Wildman–Crippen MR) is 84.5 cm³/mol.